The Morgan fingerprint density at radius 2 is 2.05 bits per heavy atom. The first kappa shape index (κ1) is 14.9. The Morgan fingerprint density at radius 3 is 2.67 bits per heavy atom. The Morgan fingerprint density at radius 1 is 1.33 bits per heavy atom. The first-order valence-corrected chi connectivity index (χ1v) is 8.61. The van der Waals surface area contributed by atoms with Crippen molar-refractivity contribution < 1.29 is 0 Å². The van der Waals surface area contributed by atoms with E-state index in [1.165, 1.54) is 32.1 Å². The minimum Gasteiger partial charge on any atom is -0.312 e. The van der Waals surface area contributed by atoms with Gasteiger partial charge < -0.3 is 4.57 Å². The Labute approximate surface area is 131 Å². The van der Waals surface area contributed by atoms with Gasteiger partial charge in [-0.05, 0) is 25.7 Å². The van der Waals surface area contributed by atoms with Crippen LogP contribution in [-0.4, -0.2) is 19.3 Å². The molecule has 1 fully saturated rings. The van der Waals surface area contributed by atoms with Gasteiger partial charge in [0.2, 0.25) is 0 Å². The number of aromatic nitrogens is 4. The average Bonchev–Trinajstić information content (AvgIpc) is 3.13. The Kier molecular flexibility index (Phi) is 4.25. The number of imidazole rings is 1. The molecule has 1 atom stereocenters. The quantitative estimate of drug-likeness (QED) is 0.776. The lowest BCUT2D eigenvalue weighted by atomic mass is 10.0. The highest BCUT2D eigenvalue weighted by atomic mass is 35.5. The Bertz CT molecular complexity index is 620. The molecule has 1 aliphatic carbocycles. The lowest BCUT2D eigenvalue weighted by molar-refractivity contribution is 0.453. The van der Waals surface area contributed by atoms with Crippen LogP contribution in [0, 0.1) is 5.92 Å². The van der Waals surface area contributed by atoms with Gasteiger partial charge in [0.1, 0.15) is 11.3 Å². The predicted octanol–water partition coefficient (Wildman–Crippen LogP) is 4.21. The molecule has 0 bridgehead atoms. The summed E-state index contributed by atoms with van der Waals surface area (Å²) in [6.45, 7) is 5.15. The van der Waals surface area contributed by atoms with Crippen molar-refractivity contribution in [3.8, 4) is 0 Å². The van der Waals surface area contributed by atoms with Crippen LogP contribution in [-0.2, 0) is 20.0 Å². The molecule has 1 unspecified atom stereocenters. The summed E-state index contributed by atoms with van der Waals surface area (Å²) >= 11 is 6.37. The third-order valence-electron chi connectivity index (χ3n) is 4.75. The van der Waals surface area contributed by atoms with Crippen LogP contribution in [0.2, 0.25) is 0 Å². The van der Waals surface area contributed by atoms with Gasteiger partial charge in [-0.2, -0.15) is 5.10 Å². The summed E-state index contributed by atoms with van der Waals surface area (Å²) in [5, 5.41) is 4.54. The van der Waals surface area contributed by atoms with Gasteiger partial charge in [0.15, 0.2) is 5.65 Å². The molecule has 2 aromatic heterocycles. The number of hydrogen-bond donors (Lipinski definition) is 0. The van der Waals surface area contributed by atoms with E-state index in [1.54, 1.807) is 0 Å². The maximum Gasteiger partial charge on any atom is 0.158 e. The van der Waals surface area contributed by atoms with Gasteiger partial charge in [-0.1, -0.05) is 32.6 Å². The zero-order valence-corrected chi connectivity index (χ0v) is 14.0. The van der Waals surface area contributed by atoms with E-state index in [-0.39, 0.29) is 5.38 Å². The summed E-state index contributed by atoms with van der Waals surface area (Å²) in [5.74, 6) is 1.87. The van der Waals surface area contributed by atoms with Crippen molar-refractivity contribution in [3.63, 3.8) is 0 Å². The second-order valence-electron chi connectivity index (χ2n) is 6.27. The zero-order valence-electron chi connectivity index (χ0n) is 13.3. The van der Waals surface area contributed by atoms with Crippen molar-refractivity contribution in [1.82, 2.24) is 19.3 Å². The Balaban J connectivity index is 1.96. The van der Waals surface area contributed by atoms with E-state index < -0.39 is 0 Å². The fourth-order valence-electron chi connectivity index (χ4n) is 3.63. The first-order chi connectivity index (χ1) is 10.1. The number of alkyl halides is 1. The summed E-state index contributed by atoms with van der Waals surface area (Å²) in [4.78, 5) is 4.80. The van der Waals surface area contributed by atoms with Gasteiger partial charge in [0.05, 0.1) is 11.1 Å². The maximum absolute atomic E-state index is 6.37. The molecule has 0 amide bonds. The van der Waals surface area contributed by atoms with Gasteiger partial charge in [-0.3, -0.25) is 4.68 Å². The minimum absolute atomic E-state index is 0.0642. The molecule has 2 aromatic rings. The number of hydrogen-bond acceptors (Lipinski definition) is 2. The van der Waals surface area contributed by atoms with E-state index in [0.29, 0.717) is 0 Å². The molecule has 0 spiro atoms. The van der Waals surface area contributed by atoms with Crippen LogP contribution in [0.5, 0.6) is 0 Å². The maximum atomic E-state index is 6.37. The summed E-state index contributed by atoms with van der Waals surface area (Å²) in [7, 11) is 2.01. The van der Waals surface area contributed by atoms with Crippen LogP contribution < -0.4 is 0 Å². The van der Waals surface area contributed by atoms with Crippen molar-refractivity contribution in [3.05, 3.63) is 11.5 Å². The number of rotatable bonds is 5. The topological polar surface area (TPSA) is 35.6 Å². The monoisotopic (exact) mass is 308 g/mol. The van der Waals surface area contributed by atoms with Crippen LogP contribution >= 0.6 is 11.6 Å². The molecule has 1 saturated carbocycles. The van der Waals surface area contributed by atoms with Crippen molar-refractivity contribution in [2.45, 2.75) is 64.3 Å². The summed E-state index contributed by atoms with van der Waals surface area (Å²) in [5.41, 5.74) is 3.24. The van der Waals surface area contributed by atoms with Crippen LogP contribution in [0.3, 0.4) is 0 Å². The predicted molar refractivity (Wildman–Crippen MR) is 86.7 cm³/mol. The van der Waals surface area contributed by atoms with E-state index in [4.69, 9.17) is 16.6 Å². The van der Waals surface area contributed by atoms with Crippen molar-refractivity contribution in [2.24, 2.45) is 13.0 Å². The van der Waals surface area contributed by atoms with Gasteiger partial charge in [0.25, 0.3) is 0 Å². The molecule has 116 valence electrons. The largest absolute Gasteiger partial charge is 0.312 e. The molecule has 21 heavy (non-hydrogen) atoms. The molecule has 5 heteroatoms. The third-order valence-corrected chi connectivity index (χ3v) is 4.94. The highest BCUT2D eigenvalue weighted by Crippen LogP contribution is 2.31. The lowest BCUT2D eigenvalue weighted by Gasteiger charge is -2.14. The number of aryl methyl sites for hydroxylation is 3. The summed E-state index contributed by atoms with van der Waals surface area (Å²) < 4.78 is 4.27. The molecule has 0 saturated heterocycles. The normalized spacial score (nSPS) is 17.9. The standard InChI is InChI=1S/C16H25ClN4/c1-4-13-14-16(20(3)19-13)21(15(18-14)11(2)17)10-9-12-7-5-6-8-12/h11-12H,4-10H2,1-3H3. The SMILES string of the molecule is CCc1nn(C)c2c1nc(C(C)Cl)n2CCC1CCCC1. The van der Waals surface area contributed by atoms with Gasteiger partial charge >= 0.3 is 0 Å². The number of fused-ring (bicyclic) bond motifs is 1. The van der Waals surface area contributed by atoms with Gasteiger partial charge in [-0.15, -0.1) is 11.6 Å². The second-order valence-corrected chi connectivity index (χ2v) is 6.93. The highest BCUT2D eigenvalue weighted by Gasteiger charge is 2.22. The van der Waals surface area contributed by atoms with Crippen LogP contribution in [0.25, 0.3) is 11.2 Å². The smallest absolute Gasteiger partial charge is 0.158 e. The lowest BCUT2D eigenvalue weighted by Crippen LogP contribution is -2.10. The Hall–Kier alpha value is -1.03. The van der Waals surface area contributed by atoms with Crippen molar-refractivity contribution in [2.75, 3.05) is 0 Å². The van der Waals surface area contributed by atoms with Gasteiger partial charge in [-0.25, -0.2) is 4.98 Å². The molecule has 0 radical (unpaired) electrons. The van der Waals surface area contributed by atoms with E-state index >= 15 is 0 Å². The van der Waals surface area contributed by atoms with Crippen LogP contribution in [0.1, 0.15) is 62.8 Å². The molecule has 0 aliphatic heterocycles. The highest BCUT2D eigenvalue weighted by molar-refractivity contribution is 6.20. The van der Waals surface area contributed by atoms with Crippen LogP contribution in [0.4, 0.5) is 0 Å². The number of nitrogens with zero attached hydrogens (tertiary/aromatic N) is 4. The summed E-state index contributed by atoms with van der Waals surface area (Å²) in [6.07, 6.45) is 7.70. The summed E-state index contributed by atoms with van der Waals surface area (Å²) in [6, 6.07) is 0. The van der Waals surface area contributed by atoms with Crippen molar-refractivity contribution in [1.29, 1.82) is 0 Å². The third kappa shape index (κ3) is 2.70. The molecule has 4 nitrogen and oxygen atoms in total. The van der Waals surface area contributed by atoms with E-state index in [2.05, 4.69) is 16.6 Å². The van der Waals surface area contributed by atoms with Crippen LogP contribution in [0.15, 0.2) is 0 Å². The molecule has 0 N–H and O–H groups in total. The number of halogens is 1. The molecular formula is C16H25ClN4. The fourth-order valence-corrected chi connectivity index (χ4v) is 3.80. The van der Waals surface area contributed by atoms with E-state index in [9.17, 15) is 0 Å². The molecule has 2 heterocycles. The average molecular weight is 309 g/mol. The van der Waals surface area contributed by atoms with Gasteiger partial charge in [0, 0.05) is 13.6 Å². The molecule has 0 aromatic carbocycles. The fraction of sp³-hybridized carbons (Fsp3) is 0.750. The van der Waals surface area contributed by atoms with E-state index in [0.717, 1.165) is 41.6 Å². The molecule has 3 rings (SSSR count). The van der Waals surface area contributed by atoms with Crippen molar-refractivity contribution >= 4 is 22.8 Å². The molecular weight excluding hydrogens is 284 g/mol. The van der Waals surface area contributed by atoms with E-state index in [1.807, 2.05) is 18.7 Å². The second kappa shape index (κ2) is 5.99. The zero-order chi connectivity index (χ0) is 15.0. The first-order valence-electron chi connectivity index (χ1n) is 8.17. The molecule has 1 aliphatic rings. The minimum atomic E-state index is -0.0642.